The van der Waals surface area contributed by atoms with Gasteiger partial charge in [0.2, 0.25) is 0 Å². The smallest absolute Gasteiger partial charge is 0.255 e. The van der Waals surface area contributed by atoms with Crippen LogP contribution in [0.4, 0.5) is 11.6 Å². The minimum absolute atomic E-state index is 0.301. The van der Waals surface area contributed by atoms with E-state index < -0.39 is 18.1 Å². The number of aliphatic hydroxyl groups is 1. The van der Waals surface area contributed by atoms with Crippen molar-refractivity contribution >= 4 is 28.6 Å². The largest absolute Gasteiger partial charge is 0.381 e. The number of fused-ring (bicyclic) bond motifs is 1. The molecule has 7 N–H and O–H groups in total. The molecule has 0 saturated heterocycles. The zero-order chi connectivity index (χ0) is 16.4. The number of rotatable bonds is 4. The Kier molecular flexibility index (Phi) is 3.96. The van der Waals surface area contributed by atoms with Gasteiger partial charge in [0, 0.05) is 5.69 Å². The van der Waals surface area contributed by atoms with Crippen LogP contribution in [-0.4, -0.2) is 27.1 Å². The summed E-state index contributed by atoms with van der Waals surface area (Å²) in [7, 11) is 0. The summed E-state index contributed by atoms with van der Waals surface area (Å²) < 4.78 is 0. The third kappa shape index (κ3) is 3.15. The van der Waals surface area contributed by atoms with E-state index >= 15 is 0 Å². The van der Waals surface area contributed by atoms with Gasteiger partial charge in [-0.15, -0.1) is 0 Å². The molecule has 0 radical (unpaired) electrons. The Morgan fingerprint density at radius 2 is 1.96 bits per heavy atom. The lowest BCUT2D eigenvalue weighted by Gasteiger charge is -2.18. The Morgan fingerprint density at radius 3 is 2.70 bits per heavy atom. The van der Waals surface area contributed by atoms with E-state index in [-0.39, 0.29) is 0 Å². The van der Waals surface area contributed by atoms with Crippen molar-refractivity contribution in [1.29, 1.82) is 0 Å². The van der Waals surface area contributed by atoms with Crippen LogP contribution in [0.15, 0.2) is 48.5 Å². The minimum Gasteiger partial charge on any atom is -0.381 e. The first kappa shape index (κ1) is 15.0. The lowest BCUT2D eigenvalue weighted by Crippen LogP contribution is -2.37. The van der Waals surface area contributed by atoms with Gasteiger partial charge in [-0.05, 0) is 23.8 Å². The highest BCUT2D eigenvalue weighted by Gasteiger charge is 2.24. The second kappa shape index (κ2) is 6.07. The summed E-state index contributed by atoms with van der Waals surface area (Å²) in [5.74, 6) is -0.275. The molecule has 0 fully saturated rings. The SMILES string of the molecule is Nc1nc2ccc(NC(=O)[C@H](O)[C@@H](N)c3ccccc3)cc2[nH]1. The summed E-state index contributed by atoms with van der Waals surface area (Å²) in [6.45, 7) is 0. The number of aromatic nitrogens is 2. The molecule has 1 heterocycles. The van der Waals surface area contributed by atoms with Gasteiger partial charge in [0.05, 0.1) is 17.1 Å². The Bertz CT molecular complexity index is 831. The molecule has 1 aromatic heterocycles. The van der Waals surface area contributed by atoms with Crippen molar-refractivity contribution in [2.24, 2.45) is 5.73 Å². The monoisotopic (exact) mass is 311 g/mol. The molecule has 0 unspecified atom stereocenters. The lowest BCUT2D eigenvalue weighted by atomic mass is 10.0. The molecule has 0 saturated carbocycles. The van der Waals surface area contributed by atoms with Crippen LogP contribution < -0.4 is 16.8 Å². The second-order valence-electron chi connectivity index (χ2n) is 5.22. The average molecular weight is 311 g/mol. The highest BCUT2D eigenvalue weighted by atomic mass is 16.3. The van der Waals surface area contributed by atoms with E-state index in [9.17, 15) is 9.90 Å². The second-order valence-corrected chi connectivity index (χ2v) is 5.22. The third-order valence-electron chi connectivity index (χ3n) is 3.56. The van der Waals surface area contributed by atoms with Gasteiger partial charge in [0.15, 0.2) is 12.1 Å². The van der Waals surface area contributed by atoms with Crippen molar-refractivity contribution < 1.29 is 9.90 Å². The van der Waals surface area contributed by atoms with Crippen LogP contribution in [0.1, 0.15) is 11.6 Å². The number of nitrogens with one attached hydrogen (secondary N) is 2. The van der Waals surface area contributed by atoms with Crippen molar-refractivity contribution in [3.8, 4) is 0 Å². The molecule has 3 aromatic rings. The molecule has 23 heavy (non-hydrogen) atoms. The fourth-order valence-corrected chi connectivity index (χ4v) is 2.34. The van der Waals surface area contributed by atoms with Crippen molar-refractivity contribution in [1.82, 2.24) is 9.97 Å². The molecule has 7 nitrogen and oxygen atoms in total. The third-order valence-corrected chi connectivity index (χ3v) is 3.56. The van der Waals surface area contributed by atoms with Crippen molar-refractivity contribution in [3.05, 3.63) is 54.1 Å². The van der Waals surface area contributed by atoms with Crippen molar-refractivity contribution in [2.45, 2.75) is 12.1 Å². The van der Waals surface area contributed by atoms with Gasteiger partial charge >= 0.3 is 0 Å². The highest BCUT2D eigenvalue weighted by Crippen LogP contribution is 2.20. The van der Waals surface area contributed by atoms with E-state index in [0.29, 0.717) is 28.2 Å². The van der Waals surface area contributed by atoms with Gasteiger partial charge in [-0.2, -0.15) is 0 Å². The highest BCUT2D eigenvalue weighted by molar-refractivity contribution is 5.96. The van der Waals surface area contributed by atoms with Crippen LogP contribution in [-0.2, 0) is 4.79 Å². The van der Waals surface area contributed by atoms with Crippen molar-refractivity contribution in [2.75, 3.05) is 11.1 Å². The molecule has 7 heteroatoms. The average Bonchev–Trinajstić information content (AvgIpc) is 2.93. The summed E-state index contributed by atoms with van der Waals surface area (Å²) >= 11 is 0. The summed E-state index contributed by atoms with van der Waals surface area (Å²) in [6.07, 6.45) is -1.36. The molecule has 118 valence electrons. The molecular weight excluding hydrogens is 294 g/mol. The predicted octanol–water partition coefficient (Wildman–Crippen LogP) is 1.14. The van der Waals surface area contributed by atoms with Gasteiger partial charge in [-0.25, -0.2) is 4.98 Å². The summed E-state index contributed by atoms with van der Waals surface area (Å²) in [6, 6.07) is 13.3. The Morgan fingerprint density at radius 1 is 1.22 bits per heavy atom. The van der Waals surface area contributed by atoms with Gasteiger partial charge in [0.25, 0.3) is 5.91 Å². The van der Waals surface area contributed by atoms with E-state index in [1.807, 2.05) is 6.07 Å². The normalized spacial score (nSPS) is 13.7. The molecule has 2 atom stereocenters. The first-order chi connectivity index (χ1) is 11.0. The number of nitrogen functional groups attached to an aromatic ring is 1. The Balaban J connectivity index is 1.74. The number of nitrogens with zero attached hydrogens (tertiary/aromatic N) is 1. The molecule has 0 aliphatic rings. The molecule has 3 rings (SSSR count). The van der Waals surface area contributed by atoms with Crippen LogP contribution >= 0.6 is 0 Å². The zero-order valence-corrected chi connectivity index (χ0v) is 12.2. The number of imidazole rings is 1. The number of aromatic amines is 1. The van der Waals surface area contributed by atoms with E-state index in [0.717, 1.165) is 0 Å². The quantitative estimate of drug-likeness (QED) is 0.493. The molecule has 0 bridgehead atoms. The van der Waals surface area contributed by atoms with E-state index in [4.69, 9.17) is 11.5 Å². The molecule has 2 aromatic carbocycles. The maximum absolute atomic E-state index is 12.2. The number of H-pyrrole nitrogens is 1. The minimum atomic E-state index is -1.36. The number of carbonyl (C=O) groups excluding carboxylic acids is 1. The molecule has 0 aliphatic heterocycles. The van der Waals surface area contributed by atoms with Crippen LogP contribution in [0.2, 0.25) is 0 Å². The van der Waals surface area contributed by atoms with Crippen molar-refractivity contribution in [3.63, 3.8) is 0 Å². The number of benzene rings is 2. The standard InChI is InChI=1S/C16H17N5O2/c17-13(9-4-2-1-3-5-9)14(22)15(23)19-10-6-7-11-12(8-10)21-16(18)20-11/h1-8,13-14,22H,17H2,(H,19,23)(H3,18,20,21)/t13-,14+/m0/s1. The molecule has 0 aliphatic carbocycles. The van der Waals surface area contributed by atoms with Crippen LogP contribution in [0.3, 0.4) is 0 Å². The fourth-order valence-electron chi connectivity index (χ4n) is 2.34. The number of anilines is 2. The molecule has 1 amide bonds. The number of carbonyl (C=O) groups is 1. The van der Waals surface area contributed by atoms with Crippen LogP contribution in [0, 0.1) is 0 Å². The topological polar surface area (TPSA) is 130 Å². The van der Waals surface area contributed by atoms with Gasteiger partial charge in [0.1, 0.15) is 0 Å². The lowest BCUT2D eigenvalue weighted by molar-refractivity contribution is -0.125. The Hall–Kier alpha value is -2.90. The Labute approximate surface area is 132 Å². The van der Waals surface area contributed by atoms with E-state index in [2.05, 4.69) is 15.3 Å². The number of amides is 1. The number of nitrogens with two attached hydrogens (primary N) is 2. The van der Waals surface area contributed by atoms with E-state index in [1.54, 1.807) is 42.5 Å². The maximum atomic E-state index is 12.2. The van der Waals surface area contributed by atoms with E-state index in [1.165, 1.54) is 0 Å². The summed E-state index contributed by atoms with van der Waals surface area (Å²) in [5.41, 5.74) is 14.1. The van der Waals surface area contributed by atoms with Gasteiger partial charge in [-0.1, -0.05) is 30.3 Å². The van der Waals surface area contributed by atoms with Crippen LogP contribution in [0.25, 0.3) is 11.0 Å². The maximum Gasteiger partial charge on any atom is 0.255 e. The fraction of sp³-hybridized carbons (Fsp3) is 0.125. The molecular formula is C16H17N5O2. The van der Waals surface area contributed by atoms with Gasteiger partial charge in [-0.3, -0.25) is 4.79 Å². The number of hydrogen-bond donors (Lipinski definition) is 5. The first-order valence-corrected chi connectivity index (χ1v) is 7.09. The van der Waals surface area contributed by atoms with Gasteiger partial charge < -0.3 is 26.9 Å². The number of aliphatic hydroxyl groups excluding tert-OH is 1. The van der Waals surface area contributed by atoms with Crippen LogP contribution in [0.5, 0.6) is 0 Å². The first-order valence-electron chi connectivity index (χ1n) is 7.09. The number of hydrogen-bond acceptors (Lipinski definition) is 5. The predicted molar refractivity (Wildman–Crippen MR) is 88.5 cm³/mol. The zero-order valence-electron chi connectivity index (χ0n) is 12.2. The molecule has 0 spiro atoms. The summed E-state index contributed by atoms with van der Waals surface area (Å²) in [4.78, 5) is 19.1. The summed E-state index contributed by atoms with van der Waals surface area (Å²) in [5, 5.41) is 12.8.